The smallest absolute Gasteiger partial charge is 0.330 e. The summed E-state index contributed by atoms with van der Waals surface area (Å²) in [6.07, 6.45) is 4.20. The molecular weight excluding hydrogens is 318 g/mol. The first kappa shape index (κ1) is 17.4. The fourth-order valence-electron chi connectivity index (χ4n) is 3.24. The standard InChI is InChI=1S/C20H23NO4/c22-18(11-10-17-7-3-4-12-25-17)21-19(20(23)24)16-9-8-14-5-1-2-6-15(14)13-16/h1-2,5-6,8-9,13,17,19H,3-4,7,10-12H2,(H,21,22)(H,23,24). The van der Waals surface area contributed by atoms with E-state index < -0.39 is 12.0 Å². The number of benzene rings is 2. The number of rotatable bonds is 6. The first-order valence-electron chi connectivity index (χ1n) is 8.76. The Kier molecular flexibility index (Phi) is 5.66. The third kappa shape index (κ3) is 4.57. The van der Waals surface area contributed by atoms with Gasteiger partial charge in [0, 0.05) is 13.0 Å². The van der Waals surface area contributed by atoms with E-state index in [-0.39, 0.29) is 18.4 Å². The minimum atomic E-state index is -1.06. The van der Waals surface area contributed by atoms with Crippen molar-refractivity contribution >= 4 is 22.6 Å². The number of hydrogen-bond donors (Lipinski definition) is 2. The molecule has 132 valence electrons. The SMILES string of the molecule is O=C(CCC1CCCCO1)NC(C(=O)O)c1ccc2ccccc2c1. The maximum atomic E-state index is 12.2. The fraction of sp³-hybridized carbons (Fsp3) is 0.400. The van der Waals surface area contributed by atoms with Crippen molar-refractivity contribution in [2.45, 2.75) is 44.2 Å². The molecule has 2 unspecified atom stereocenters. The monoisotopic (exact) mass is 341 g/mol. The van der Waals surface area contributed by atoms with Crippen LogP contribution in [0.15, 0.2) is 42.5 Å². The average Bonchev–Trinajstić information content (AvgIpc) is 2.64. The summed E-state index contributed by atoms with van der Waals surface area (Å²) in [7, 11) is 0. The van der Waals surface area contributed by atoms with Crippen molar-refractivity contribution < 1.29 is 19.4 Å². The van der Waals surface area contributed by atoms with Gasteiger partial charge in [-0.2, -0.15) is 0 Å². The predicted octanol–water partition coefficient (Wildman–Crippen LogP) is 3.43. The summed E-state index contributed by atoms with van der Waals surface area (Å²) < 4.78 is 5.62. The van der Waals surface area contributed by atoms with E-state index >= 15 is 0 Å². The second kappa shape index (κ2) is 8.12. The molecule has 25 heavy (non-hydrogen) atoms. The number of carboxylic acid groups (broad SMARTS) is 1. The lowest BCUT2D eigenvalue weighted by atomic mass is 10.0. The molecule has 5 heteroatoms. The normalized spacial score (nSPS) is 18.6. The van der Waals surface area contributed by atoms with Crippen LogP contribution in [0, 0.1) is 0 Å². The third-order valence-corrected chi connectivity index (χ3v) is 4.63. The number of carbonyl (C=O) groups excluding carboxylic acids is 1. The highest BCUT2D eigenvalue weighted by atomic mass is 16.5. The van der Waals surface area contributed by atoms with Crippen molar-refractivity contribution in [1.29, 1.82) is 0 Å². The number of amides is 1. The fourth-order valence-corrected chi connectivity index (χ4v) is 3.24. The minimum absolute atomic E-state index is 0.114. The molecule has 5 nitrogen and oxygen atoms in total. The zero-order valence-corrected chi connectivity index (χ0v) is 14.1. The van der Waals surface area contributed by atoms with Crippen LogP contribution < -0.4 is 5.32 Å². The molecule has 3 rings (SSSR count). The van der Waals surface area contributed by atoms with E-state index in [9.17, 15) is 14.7 Å². The van der Waals surface area contributed by atoms with Crippen molar-refractivity contribution in [2.75, 3.05) is 6.61 Å². The highest BCUT2D eigenvalue weighted by Gasteiger charge is 2.23. The molecule has 2 aromatic rings. The molecule has 2 aromatic carbocycles. The Labute approximate surface area is 147 Å². The maximum Gasteiger partial charge on any atom is 0.330 e. The number of fused-ring (bicyclic) bond motifs is 1. The van der Waals surface area contributed by atoms with Crippen molar-refractivity contribution in [2.24, 2.45) is 0 Å². The van der Waals surface area contributed by atoms with Crippen molar-refractivity contribution in [3.05, 3.63) is 48.0 Å². The van der Waals surface area contributed by atoms with Gasteiger partial charge in [0.05, 0.1) is 6.10 Å². The zero-order valence-electron chi connectivity index (χ0n) is 14.1. The molecule has 0 aliphatic carbocycles. The van der Waals surface area contributed by atoms with E-state index in [4.69, 9.17) is 4.74 Å². The summed E-state index contributed by atoms with van der Waals surface area (Å²) in [5.74, 6) is -1.31. The summed E-state index contributed by atoms with van der Waals surface area (Å²) in [6.45, 7) is 0.751. The molecule has 1 aliphatic rings. The Morgan fingerprint density at radius 1 is 1.16 bits per heavy atom. The van der Waals surface area contributed by atoms with Crippen molar-refractivity contribution in [3.8, 4) is 0 Å². The number of hydrogen-bond acceptors (Lipinski definition) is 3. The van der Waals surface area contributed by atoms with Crippen LogP contribution in [0.1, 0.15) is 43.7 Å². The molecular formula is C20H23NO4. The molecule has 2 N–H and O–H groups in total. The van der Waals surface area contributed by atoms with Gasteiger partial charge in [0.15, 0.2) is 6.04 Å². The van der Waals surface area contributed by atoms with E-state index in [1.807, 2.05) is 36.4 Å². The Hall–Kier alpha value is -2.40. The summed E-state index contributed by atoms with van der Waals surface area (Å²) in [5, 5.41) is 14.2. The average molecular weight is 341 g/mol. The van der Waals surface area contributed by atoms with Crippen LogP contribution in [0.25, 0.3) is 10.8 Å². The lowest BCUT2D eigenvalue weighted by Gasteiger charge is -2.22. The van der Waals surface area contributed by atoms with Gasteiger partial charge in [-0.05, 0) is 48.1 Å². The molecule has 1 heterocycles. The Morgan fingerprint density at radius 3 is 2.68 bits per heavy atom. The molecule has 0 radical (unpaired) electrons. The van der Waals surface area contributed by atoms with Crippen LogP contribution in [-0.2, 0) is 14.3 Å². The Morgan fingerprint density at radius 2 is 1.96 bits per heavy atom. The van der Waals surface area contributed by atoms with Gasteiger partial charge >= 0.3 is 5.97 Å². The van der Waals surface area contributed by atoms with Crippen molar-refractivity contribution in [3.63, 3.8) is 0 Å². The zero-order chi connectivity index (χ0) is 17.6. The maximum absolute atomic E-state index is 12.2. The van der Waals surface area contributed by atoms with E-state index in [2.05, 4.69) is 5.32 Å². The van der Waals surface area contributed by atoms with Crippen LogP contribution in [0.5, 0.6) is 0 Å². The van der Waals surface area contributed by atoms with Gasteiger partial charge in [-0.3, -0.25) is 4.79 Å². The van der Waals surface area contributed by atoms with E-state index in [0.29, 0.717) is 12.0 Å². The predicted molar refractivity (Wildman–Crippen MR) is 95.3 cm³/mol. The van der Waals surface area contributed by atoms with Gasteiger partial charge in [-0.25, -0.2) is 4.79 Å². The highest BCUT2D eigenvalue weighted by molar-refractivity contribution is 5.88. The third-order valence-electron chi connectivity index (χ3n) is 4.63. The Bertz CT molecular complexity index is 752. The molecule has 0 aromatic heterocycles. The van der Waals surface area contributed by atoms with E-state index in [1.165, 1.54) is 0 Å². The first-order valence-corrected chi connectivity index (χ1v) is 8.76. The second-order valence-corrected chi connectivity index (χ2v) is 6.47. The number of aliphatic carboxylic acids is 1. The molecule has 0 bridgehead atoms. The van der Waals surface area contributed by atoms with E-state index in [0.717, 1.165) is 36.6 Å². The van der Waals surface area contributed by atoms with Crippen molar-refractivity contribution in [1.82, 2.24) is 5.32 Å². The number of ether oxygens (including phenoxy) is 1. The molecule has 1 aliphatic heterocycles. The summed E-state index contributed by atoms with van der Waals surface area (Å²) in [6, 6.07) is 12.2. The number of carbonyl (C=O) groups is 2. The lowest BCUT2D eigenvalue weighted by molar-refractivity contribution is -0.142. The summed E-state index contributed by atoms with van der Waals surface area (Å²) in [4.78, 5) is 23.8. The second-order valence-electron chi connectivity index (χ2n) is 6.47. The minimum Gasteiger partial charge on any atom is -0.479 e. The molecule has 1 saturated heterocycles. The molecule has 1 fully saturated rings. The van der Waals surface area contributed by atoms with Crippen LogP contribution in [0.4, 0.5) is 0 Å². The molecule has 1 amide bonds. The molecule has 2 atom stereocenters. The van der Waals surface area contributed by atoms with Gasteiger partial charge < -0.3 is 15.2 Å². The highest BCUT2D eigenvalue weighted by Crippen LogP contribution is 2.22. The molecule has 0 spiro atoms. The van der Waals surface area contributed by atoms with Gasteiger partial charge in [0.25, 0.3) is 0 Å². The van der Waals surface area contributed by atoms with E-state index in [1.54, 1.807) is 6.07 Å². The first-order chi connectivity index (χ1) is 12.1. The Balaban J connectivity index is 1.65. The molecule has 0 saturated carbocycles. The van der Waals surface area contributed by atoms with Crippen LogP contribution in [0.3, 0.4) is 0 Å². The largest absolute Gasteiger partial charge is 0.479 e. The topological polar surface area (TPSA) is 75.6 Å². The van der Waals surface area contributed by atoms with Gasteiger partial charge in [0.2, 0.25) is 5.91 Å². The number of carboxylic acids is 1. The number of nitrogens with one attached hydrogen (secondary N) is 1. The quantitative estimate of drug-likeness (QED) is 0.844. The van der Waals surface area contributed by atoms with Crippen LogP contribution in [0.2, 0.25) is 0 Å². The lowest BCUT2D eigenvalue weighted by Crippen LogP contribution is -2.34. The summed E-state index contributed by atoms with van der Waals surface area (Å²) >= 11 is 0. The van der Waals surface area contributed by atoms with Gasteiger partial charge in [0.1, 0.15) is 0 Å². The summed E-state index contributed by atoms with van der Waals surface area (Å²) in [5.41, 5.74) is 0.577. The van der Waals surface area contributed by atoms with Gasteiger partial charge in [-0.1, -0.05) is 36.4 Å². The van der Waals surface area contributed by atoms with Crippen LogP contribution >= 0.6 is 0 Å². The van der Waals surface area contributed by atoms with Crippen LogP contribution in [-0.4, -0.2) is 29.7 Å². The van der Waals surface area contributed by atoms with Gasteiger partial charge in [-0.15, -0.1) is 0 Å².